The van der Waals surface area contributed by atoms with Crippen LogP contribution in [-0.2, 0) is 16.0 Å². The van der Waals surface area contributed by atoms with E-state index < -0.39 is 0 Å². The number of hydrogen-bond donors (Lipinski definition) is 0. The molecular formula is C22H20N2O4. The lowest BCUT2D eigenvalue weighted by Crippen LogP contribution is -2.35. The standard InChI is InChI=1S/C22H20N2O4/c1-27-20-10-16(17(14-23)11-21(20)28-2)12-22(26)24-9-8-18(25)13-19(24)15-6-4-3-5-7-15/h3-11,19H,12-13H2,1-2H3. The molecule has 2 aromatic rings. The van der Waals surface area contributed by atoms with Crippen molar-refractivity contribution in [1.82, 2.24) is 4.90 Å². The van der Waals surface area contributed by atoms with Crippen molar-refractivity contribution < 1.29 is 19.1 Å². The fraction of sp³-hybridized carbons (Fsp3) is 0.227. The average molecular weight is 376 g/mol. The smallest absolute Gasteiger partial charge is 0.231 e. The third-order valence-corrected chi connectivity index (χ3v) is 4.70. The molecule has 0 aromatic heterocycles. The van der Waals surface area contributed by atoms with Crippen molar-refractivity contribution in [3.05, 3.63) is 71.4 Å². The summed E-state index contributed by atoms with van der Waals surface area (Å²) in [5, 5.41) is 9.46. The number of ether oxygens (including phenoxy) is 2. The fourth-order valence-corrected chi connectivity index (χ4v) is 3.26. The second kappa shape index (κ2) is 8.40. The van der Waals surface area contributed by atoms with Gasteiger partial charge in [-0.15, -0.1) is 0 Å². The van der Waals surface area contributed by atoms with Crippen molar-refractivity contribution in [1.29, 1.82) is 5.26 Å². The summed E-state index contributed by atoms with van der Waals surface area (Å²) in [6.45, 7) is 0. The van der Waals surface area contributed by atoms with E-state index in [0.717, 1.165) is 5.56 Å². The first-order valence-corrected chi connectivity index (χ1v) is 8.79. The van der Waals surface area contributed by atoms with E-state index in [1.807, 2.05) is 30.3 Å². The highest BCUT2D eigenvalue weighted by Crippen LogP contribution is 2.32. The van der Waals surface area contributed by atoms with Gasteiger partial charge in [-0.05, 0) is 23.3 Å². The zero-order valence-corrected chi connectivity index (χ0v) is 15.7. The molecule has 1 aliphatic heterocycles. The lowest BCUT2D eigenvalue weighted by atomic mass is 9.96. The first-order chi connectivity index (χ1) is 13.6. The molecule has 1 heterocycles. The van der Waals surface area contributed by atoms with Crippen LogP contribution in [0.1, 0.15) is 29.2 Å². The summed E-state index contributed by atoms with van der Waals surface area (Å²) in [5.74, 6) is 0.650. The molecular weight excluding hydrogens is 356 g/mol. The number of hydrogen-bond acceptors (Lipinski definition) is 5. The van der Waals surface area contributed by atoms with Gasteiger partial charge in [-0.2, -0.15) is 5.26 Å². The van der Waals surface area contributed by atoms with Crippen LogP contribution >= 0.6 is 0 Å². The zero-order valence-electron chi connectivity index (χ0n) is 15.7. The quantitative estimate of drug-likeness (QED) is 0.801. The topological polar surface area (TPSA) is 79.6 Å². The Hall–Kier alpha value is -3.59. The normalized spacial score (nSPS) is 15.8. The maximum absolute atomic E-state index is 13.1. The lowest BCUT2D eigenvalue weighted by Gasteiger charge is -2.31. The van der Waals surface area contributed by atoms with Crippen molar-refractivity contribution in [3.8, 4) is 17.6 Å². The number of carbonyl (C=O) groups excluding carboxylic acids is 2. The van der Waals surface area contributed by atoms with Crippen molar-refractivity contribution >= 4 is 11.7 Å². The minimum Gasteiger partial charge on any atom is -0.493 e. The van der Waals surface area contributed by atoms with Crippen molar-refractivity contribution in [2.75, 3.05) is 14.2 Å². The molecule has 28 heavy (non-hydrogen) atoms. The molecule has 0 saturated carbocycles. The first kappa shape index (κ1) is 19.2. The number of nitriles is 1. The predicted octanol–water partition coefficient (Wildman–Crippen LogP) is 3.17. The summed E-state index contributed by atoms with van der Waals surface area (Å²) < 4.78 is 10.5. The van der Waals surface area contributed by atoms with Crippen LogP contribution in [0.4, 0.5) is 0 Å². The maximum Gasteiger partial charge on any atom is 0.231 e. The van der Waals surface area contributed by atoms with Crippen molar-refractivity contribution in [3.63, 3.8) is 0 Å². The minimum atomic E-state index is -0.364. The van der Waals surface area contributed by atoms with Gasteiger partial charge in [-0.25, -0.2) is 0 Å². The lowest BCUT2D eigenvalue weighted by molar-refractivity contribution is -0.131. The van der Waals surface area contributed by atoms with Crippen LogP contribution in [0, 0.1) is 11.3 Å². The summed E-state index contributed by atoms with van der Waals surface area (Å²) in [7, 11) is 2.99. The molecule has 6 heteroatoms. The zero-order chi connectivity index (χ0) is 20.1. The van der Waals surface area contributed by atoms with E-state index in [2.05, 4.69) is 6.07 Å². The molecule has 0 aliphatic carbocycles. The Kier molecular flexibility index (Phi) is 5.75. The van der Waals surface area contributed by atoms with Gasteiger partial charge in [0.15, 0.2) is 17.3 Å². The molecule has 3 rings (SSSR count). The SMILES string of the molecule is COc1cc(C#N)c(CC(=O)N2C=CC(=O)CC2c2ccccc2)cc1OC. The highest BCUT2D eigenvalue weighted by molar-refractivity contribution is 5.93. The molecule has 0 bridgehead atoms. The Morgan fingerprint density at radius 1 is 1.18 bits per heavy atom. The minimum absolute atomic E-state index is 0.00507. The molecule has 2 aromatic carbocycles. The Labute approximate surface area is 163 Å². The van der Waals surface area contributed by atoms with Crippen LogP contribution in [0.3, 0.4) is 0 Å². The molecule has 0 spiro atoms. The van der Waals surface area contributed by atoms with Crippen molar-refractivity contribution in [2.45, 2.75) is 18.9 Å². The van der Waals surface area contributed by atoms with E-state index in [9.17, 15) is 14.9 Å². The van der Waals surface area contributed by atoms with E-state index in [1.54, 1.807) is 17.0 Å². The van der Waals surface area contributed by atoms with E-state index in [1.165, 1.54) is 26.5 Å². The van der Waals surface area contributed by atoms with E-state index in [-0.39, 0.29) is 30.6 Å². The second-order valence-corrected chi connectivity index (χ2v) is 6.37. The Bertz CT molecular complexity index is 960. The summed E-state index contributed by atoms with van der Waals surface area (Å²) in [4.78, 5) is 26.6. The van der Waals surface area contributed by atoms with Crippen LogP contribution < -0.4 is 9.47 Å². The third-order valence-electron chi connectivity index (χ3n) is 4.70. The van der Waals surface area contributed by atoms with Crippen LogP contribution in [-0.4, -0.2) is 30.8 Å². The Balaban J connectivity index is 1.92. The van der Waals surface area contributed by atoms with E-state index >= 15 is 0 Å². The van der Waals surface area contributed by atoms with Gasteiger partial charge >= 0.3 is 0 Å². The molecule has 1 amide bonds. The van der Waals surface area contributed by atoms with E-state index in [4.69, 9.17) is 9.47 Å². The Morgan fingerprint density at radius 3 is 2.50 bits per heavy atom. The first-order valence-electron chi connectivity index (χ1n) is 8.79. The fourth-order valence-electron chi connectivity index (χ4n) is 3.26. The molecule has 0 N–H and O–H groups in total. The number of carbonyl (C=O) groups is 2. The number of rotatable bonds is 5. The van der Waals surface area contributed by atoms with Crippen molar-refractivity contribution in [2.24, 2.45) is 0 Å². The average Bonchev–Trinajstić information content (AvgIpc) is 2.73. The van der Waals surface area contributed by atoms with E-state index in [0.29, 0.717) is 22.6 Å². The van der Waals surface area contributed by atoms with Gasteiger partial charge in [0, 0.05) is 18.7 Å². The number of nitrogens with zero attached hydrogens (tertiary/aromatic N) is 2. The summed E-state index contributed by atoms with van der Waals surface area (Å²) in [6.07, 6.45) is 3.17. The molecule has 6 nitrogen and oxygen atoms in total. The second-order valence-electron chi connectivity index (χ2n) is 6.37. The summed E-state index contributed by atoms with van der Waals surface area (Å²) >= 11 is 0. The van der Waals surface area contributed by atoms with Gasteiger partial charge in [0.05, 0.1) is 38.3 Å². The van der Waals surface area contributed by atoms with Crippen LogP contribution in [0.25, 0.3) is 0 Å². The molecule has 142 valence electrons. The van der Waals surface area contributed by atoms with Gasteiger partial charge in [0.2, 0.25) is 5.91 Å². The number of amides is 1. The molecule has 0 saturated heterocycles. The largest absolute Gasteiger partial charge is 0.493 e. The van der Waals surface area contributed by atoms with Gasteiger partial charge in [0.25, 0.3) is 0 Å². The highest BCUT2D eigenvalue weighted by Gasteiger charge is 2.29. The van der Waals surface area contributed by atoms with Crippen LogP contribution in [0.15, 0.2) is 54.7 Å². The number of benzene rings is 2. The third kappa shape index (κ3) is 3.89. The number of allylic oxidation sites excluding steroid dienone is 1. The highest BCUT2D eigenvalue weighted by atomic mass is 16.5. The molecule has 0 fully saturated rings. The molecule has 1 atom stereocenters. The van der Waals surface area contributed by atoms with Crippen LogP contribution in [0.2, 0.25) is 0 Å². The summed E-state index contributed by atoms with van der Waals surface area (Å²) in [6, 6.07) is 14.4. The molecule has 1 unspecified atom stereocenters. The monoisotopic (exact) mass is 376 g/mol. The predicted molar refractivity (Wildman–Crippen MR) is 103 cm³/mol. The van der Waals surface area contributed by atoms with Crippen LogP contribution in [0.5, 0.6) is 11.5 Å². The van der Waals surface area contributed by atoms with Gasteiger partial charge in [-0.3, -0.25) is 9.59 Å². The molecule has 0 radical (unpaired) electrons. The number of ketones is 1. The summed E-state index contributed by atoms with van der Waals surface area (Å²) in [5.41, 5.74) is 1.78. The Morgan fingerprint density at radius 2 is 1.86 bits per heavy atom. The van der Waals surface area contributed by atoms with Gasteiger partial charge in [0.1, 0.15) is 0 Å². The maximum atomic E-state index is 13.1. The van der Waals surface area contributed by atoms with Gasteiger partial charge in [-0.1, -0.05) is 30.3 Å². The number of methoxy groups -OCH3 is 2. The molecule has 1 aliphatic rings. The van der Waals surface area contributed by atoms with Gasteiger partial charge < -0.3 is 14.4 Å².